The van der Waals surface area contributed by atoms with Gasteiger partial charge in [-0.15, -0.1) is 0 Å². The van der Waals surface area contributed by atoms with E-state index in [1.165, 1.54) is 24.3 Å². The second kappa shape index (κ2) is 7.90. The number of rotatable bonds is 5. The minimum atomic E-state index is -0.776. The van der Waals surface area contributed by atoms with E-state index < -0.39 is 30.2 Å². The molecule has 0 saturated heterocycles. The number of amides is 2. The maximum absolute atomic E-state index is 13.0. The number of carbonyl (C=O) groups is 4. The maximum atomic E-state index is 13.0. The molecule has 33 heavy (non-hydrogen) atoms. The first kappa shape index (κ1) is 20.4. The number of ketones is 1. The van der Waals surface area contributed by atoms with Gasteiger partial charge < -0.3 is 14.2 Å². The molecule has 2 heterocycles. The van der Waals surface area contributed by atoms with Gasteiger partial charge in [-0.3, -0.25) is 14.4 Å². The Morgan fingerprint density at radius 2 is 1.61 bits per heavy atom. The van der Waals surface area contributed by atoms with Crippen molar-refractivity contribution >= 4 is 29.3 Å². The molecule has 2 amide bonds. The third-order valence-corrected chi connectivity index (χ3v) is 5.51. The number of anilines is 1. The van der Waals surface area contributed by atoms with Gasteiger partial charge in [0.2, 0.25) is 6.79 Å². The highest BCUT2D eigenvalue weighted by molar-refractivity contribution is 6.35. The number of imide groups is 1. The minimum absolute atomic E-state index is 0.0695. The highest BCUT2D eigenvalue weighted by Gasteiger charge is 2.37. The van der Waals surface area contributed by atoms with Crippen molar-refractivity contribution in [2.75, 3.05) is 18.3 Å². The van der Waals surface area contributed by atoms with Crippen molar-refractivity contribution < 1.29 is 33.4 Å². The summed E-state index contributed by atoms with van der Waals surface area (Å²) in [6.07, 6.45) is 0. The average molecular weight is 443 g/mol. The lowest BCUT2D eigenvalue weighted by Crippen LogP contribution is -2.29. The van der Waals surface area contributed by atoms with Crippen LogP contribution in [0.3, 0.4) is 0 Å². The van der Waals surface area contributed by atoms with Crippen LogP contribution in [0.5, 0.6) is 11.5 Å². The third kappa shape index (κ3) is 3.51. The van der Waals surface area contributed by atoms with Crippen molar-refractivity contribution in [3.05, 3.63) is 88.5 Å². The van der Waals surface area contributed by atoms with Crippen LogP contribution in [-0.2, 0) is 4.74 Å². The number of benzene rings is 3. The number of para-hydroxylation sites is 1. The molecule has 0 fully saturated rings. The van der Waals surface area contributed by atoms with Crippen LogP contribution in [-0.4, -0.2) is 37.0 Å². The van der Waals surface area contributed by atoms with Crippen molar-refractivity contribution in [3.8, 4) is 11.5 Å². The highest BCUT2D eigenvalue weighted by Crippen LogP contribution is 2.33. The predicted molar refractivity (Wildman–Crippen MR) is 116 cm³/mol. The van der Waals surface area contributed by atoms with Gasteiger partial charge in [-0.2, -0.15) is 0 Å². The summed E-state index contributed by atoms with van der Waals surface area (Å²) in [6, 6.07) is 15.9. The van der Waals surface area contributed by atoms with E-state index in [9.17, 15) is 19.2 Å². The Hall–Kier alpha value is -4.46. The lowest BCUT2D eigenvalue weighted by Gasteiger charge is -2.16. The van der Waals surface area contributed by atoms with Crippen molar-refractivity contribution in [2.45, 2.75) is 6.92 Å². The summed E-state index contributed by atoms with van der Waals surface area (Å²) >= 11 is 0. The molecule has 0 saturated carbocycles. The Morgan fingerprint density at radius 3 is 2.42 bits per heavy atom. The molecule has 2 aliphatic heterocycles. The summed E-state index contributed by atoms with van der Waals surface area (Å²) in [7, 11) is 0. The summed E-state index contributed by atoms with van der Waals surface area (Å²) in [5.41, 5.74) is 1.96. The summed E-state index contributed by atoms with van der Waals surface area (Å²) in [5.74, 6) is -1.17. The van der Waals surface area contributed by atoms with Crippen LogP contribution in [0.1, 0.15) is 47.0 Å². The average Bonchev–Trinajstić information content (AvgIpc) is 3.39. The molecule has 8 heteroatoms. The topological polar surface area (TPSA) is 99.2 Å². The van der Waals surface area contributed by atoms with E-state index >= 15 is 0 Å². The van der Waals surface area contributed by atoms with Crippen LogP contribution in [0.4, 0.5) is 5.69 Å². The summed E-state index contributed by atoms with van der Waals surface area (Å²) in [4.78, 5) is 51.8. The summed E-state index contributed by atoms with van der Waals surface area (Å²) in [6.45, 7) is 1.40. The Bertz CT molecular complexity index is 1340. The first-order chi connectivity index (χ1) is 15.9. The lowest BCUT2D eigenvalue weighted by molar-refractivity contribution is 0.0474. The van der Waals surface area contributed by atoms with Gasteiger partial charge in [-0.1, -0.05) is 18.2 Å². The number of esters is 1. The third-order valence-electron chi connectivity index (χ3n) is 5.51. The highest BCUT2D eigenvalue weighted by atomic mass is 16.7. The van der Waals surface area contributed by atoms with Crippen molar-refractivity contribution in [3.63, 3.8) is 0 Å². The van der Waals surface area contributed by atoms with Gasteiger partial charge in [0.15, 0.2) is 23.9 Å². The quantitative estimate of drug-likeness (QED) is 0.338. The molecule has 0 spiro atoms. The zero-order valence-corrected chi connectivity index (χ0v) is 17.5. The first-order valence-electron chi connectivity index (χ1n) is 10.1. The van der Waals surface area contributed by atoms with Crippen molar-refractivity contribution in [1.82, 2.24) is 0 Å². The van der Waals surface area contributed by atoms with Crippen LogP contribution in [0.2, 0.25) is 0 Å². The Labute approximate surface area is 188 Å². The van der Waals surface area contributed by atoms with E-state index in [0.717, 1.165) is 10.5 Å². The molecule has 8 nitrogen and oxygen atoms in total. The number of fused-ring (bicyclic) bond motifs is 2. The molecule has 0 bridgehead atoms. The van der Waals surface area contributed by atoms with Crippen LogP contribution in [0.25, 0.3) is 0 Å². The van der Waals surface area contributed by atoms with Crippen LogP contribution >= 0.6 is 0 Å². The molecule has 164 valence electrons. The van der Waals surface area contributed by atoms with E-state index in [0.29, 0.717) is 22.7 Å². The molecular formula is C25H17NO7. The SMILES string of the molecule is Cc1ccccc1N1C(=O)c2ccc(C(=O)OCC(=O)c3ccc4c(c3)OCO4)cc2C1=O. The first-order valence-corrected chi connectivity index (χ1v) is 10.1. The van der Waals surface area contributed by atoms with Crippen molar-refractivity contribution in [1.29, 1.82) is 0 Å². The number of carbonyl (C=O) groups excluding carboxylic acids is 4. The molecule has 3 aromatic rings. The number of ether oxygens (including phenoxy) is 3. The normalized spacial score (nSPS) is 13.8. The van der Waals surface area contributed by atoms with Gasteiger partial charge in [-0.05, 0) is 55.0 Å². The van der Waals surface area contributed by atoms with Gasteiger partial charge in [0.25, 0.3) is 11.8 Å². The summed E-state index contributed by atoms with van der Waals surface area (Å²) in [5, 5.41) is 0. The van der Waals surface area contributed by atoms with Gasteiger partial charge in [0.1, 0.15) is 0 Å². The number of hydrogen-bond donors (Lipinski definition) is 0. The number of hydrogen-bond acceptors (Lipinski definition) is 7. The monoisotopic (exact) mass is 443 g/mol. The smallest absolute Gasteiger partial charge is 0.338 e. The lowest BCUT2D eigenvalue weighted by atomic mass is 10.1. The summed E-state index contributed by atoms with van der Waals surface area (Å²) < 4.78 is 15.6. The van der Waals surface area contributed by atoms with Gasteiger partial charge in [-0.25, -0.2) is 9.69 Å². The molecule has 5 rings (SSSR count). The van der Waals surface area contributed by atoms with E-state index in [1.54, 1.807) is 37.3 Å². The van der Waals surface area contributed by atoms with Gasteiger partial charge in [0.05, 0.1) is 22.4 Å². The number of Topliss-reactive ketones (excluding diaryl/α,β-unsaturated/α-hetero) is 1. The van der Waals surface area contributed by atoms with E-state index in [-0.39, 0.29) is 23.5 Å². The Kier molecular flexibility index (Phi) is 4.90. The number of aryl methyl sites for hydroxylation is 1. The van der Waals surface area contributed by atoms with Crippen LogP contribution < -0.4 is 14.4 Å². The predicted octanol–water partition coefficient (Wildman–Crippen LogP) is 3.56. The fourth-order valence-electron chi connectivity index (χ4n) is 3.77. The Balaban J connectivity index is 1.31. The second-order valence-electron chi connectivity index (χ2n) is 7.56. The largest absolute Gasteiger partial charge is 0.454 e. The standard InChI is InChI=1S/C25H17NO7/c1-14-4-2-3-5-19(14)26-23(28)17-8-6-16(10-18(17)24(26)29)25(30)31-12-20(27)15-7-9-21-22(11-15)33-13-32-21/h2-11H,12-13H2,1H3. The van der Waals surface area contributed by atoms with Crippen molar-refractivity contribution in [2.24, 2.45) is 0 Å². The van der Waals surface area contributed by atoms with E-state index in [2.05, 4.69) is 0 Å². The molecule has 2 aliphatic rings. The zero-order chi connectivity index (χ0) is 23.1. The second-order valence-corrected chi connectivity index (χ2v) is 7.56. The molecular weight excluding hydrogens is 426 g/mol. The molecule has 0 N–H and O–H groups in total. The Morgan fingerprint density at radius 1 is 0.879 bits per heavy atom. The zero-order valence-electron chi connectivity index (χ0n) is 17.5. The molecule has 0 atom stereocenters. The van der Waals surface area contributed by atoms with Crippen LogP contribution in [0.15, 0.2) is 60.7 Å². The molecule has 0 radical (unpaired) electrons. The van der Waals surface area contributed by atoms with E-state index in [1.807, 2.05) is 6.07 Å². The maximum Gasteiger partial charge on any atom is 0.338 e. The molecule has 0 aliphatic carbocycles. The van der Waals surface area contributed by atoms with E-state index in [4.69, 9.17) is 14.2 Å². The molecule has 0 unspecified atom stereocenters. The minimum Gasteiger partial charge on any atom is -0.454 e. The number of nitrogens with zero attached hydrogens (tertiary/aromatic N) is 1. The van der Waals surface area contributed by atoms with Gasteiger partial charge >= 0.3 is 5.97 Å². The fraction of sp³-hybridized carbons (Fsp3) is 0.120. The fourth-order valence-corrected chi connectivity index (χ4v) is 3.77. The molecule has 3 aromatic carbocycles. The van der Waals surface area contributed by atoms with Crippen LogP contribution in [0, 0.1) is 6.92 Å². The van der Waals surface area contributed by atoms with Gasteiger partial charge in [0, 0.05) is 5.56 Å². The molecule has 0 aromatic heterocycles.